The second-order valence-electron chi connectivity index (χ2n) is 6.19. The molecule has 1 aromatic rings. The highest BCUT2D eigenvalue weighted by molar-refractivity contribution is 5.82. The fraction of sp³-hybridized carbons (Fsp3) is 0.562. The smallest absolute Gasteiger partial charge is 0.242 e. The Bertz CT molecular complexity index is 445. The van der Waals surface area contributed by atoms with Crippen LogP contribution in [-0.4, -0.2) is 37.0 Å². The maximum Gasteiger partial charge on any atom is 0.242 e. The quantitative estimate of drug-likeness (QED) is 0.816. The van der Waals surface area contributed by atoms with Crippen molar-refractivity contribution >= 4 is 11.6 Å². The number of likely N-dealkylation sites (N-methyl/N-ethyl adjacent to an activating group) is 1. The molecule has 0 unspecified atom stereocenters. The van der Waals surface area contributed by atoms with Crippen LogP contribution in [0.25, 0.3) is 0 Å². The predicted octanol–water partition coefficient (Wildman–Crippen LogP) is 2.65. The van der Waals surface area contributed by atoms with Gasteiger partial charge in [0, 0.05) is 25.3 Å². The summed E-state index contributed by atoms with van der Waals surface area (Å²) in [5.74, 6) is 0.230. The third kappa shape index (κ3) is 3.09. The molecule has 0 aliphatic carbocycles. The first-order chi connectivity index (χ1) is 8.91. The molecule has 0 spiro atoms. The molecule has 1 aliphatic rings. The van der Waals surface area contributed by atoms with E-state index >= 15 is 0 Å². The van der Waals surface area contributed by atoms with Crippen molar-refractivity contribution in [3.63, 3.8) is 0 Å². The maximum absolute atomic E-state index is 11.9. The Morgan fingerprint density at radius 1 is 1.11 bits per heavy atom. The zero-order valence-electron chi connectivity index (χ0n) is 12.4. The molecule has 2 rings (SSSR count). The molecule has 1 aromatic carbocycles. The number of piperazine rings is 1. The van der Waals surface area contributed by atoms with E-state index in [0.717, 1.165) is 25.3 Å². The van der Waals surface area contributed by atoms with E-state index in [1.165, 1.54) is 5.56 Å². The van der Waals surface area contributed by atoms with Gasteiger partial charge in [0.1, 0.15) is 0 Å². The van der Waals surface area contributed by atoms with Gasteiger partial charge in [-0.3, -0.25) is 4.79 Å². The van der Waals surface area contributed by atoms with Crippen LogP contribution in [0.1, 0.15) is 33.3 Å². The Kier molecular flexibility index (Phi) is 3.83. The molecule has 3 nitrogen and oxygen atoms in total. The first kappa shape index (κ1) is 13.9. The fourth-order valence-corrected chi connectivity index (χ4v) is 2.44. The first-order valence-electron chi connectivity index (χ1n) is 7.05. The third-order valence-corrected chi connectivity index (χ3v) is 3.80. The van der Waals surface area contributed by atoms with Crippen molar-refractivity contribution in [2.45, 2.75) is 33.1 Å². The second-order valence-corrected chi connectivity index (χ2v) is 6.19. The fourth-order valence-electron chi connectivity index (χ4n) is 2.44. The van der Waals surface area contributed by atoms with Gasteiger partial charge in [-0.25, -0.2) is 0 Å². The molecule has 1 fully saturated rings. The lowest BCUT2D eigenvalue weighted by Gasteiger charge is -2.35. The summed E-state index contributed by atoms with van der Waals surface area (Å²) in [5.41, 5.74) is 2.65. The summed E-state index contributed by atoms with van der Waals surface area (Å²) in [7, 11) is 0. The van der Waals surface area contributed by atoms with Crippen molar-refractivity contribution < 1.29 is 4.79 Å². The first-order valence-corrected chi connectivity index (χ1v) is 7.05. The lowest BCUT2D eigenvalue weighted by Crippen LogP contribution is -2.50. The van der Waals surface area contributed by atoms with Crippen LogP contribution in [-0.2, 0) is 10.2 Å². The molecular weight excluding hydrogens is 236 g/mol. The largest absolute Gasteiger partial charge is 0.360 e. The van der Waals surface area contributed by atoms with Crippen LogP contribution in [0.3, 0.4) is 0 Å². The minimum Gasteiger partial charge on any atom is -0.360 e. The maximum atomic E-state index is 11.9. The highest BCUT2D eigenvalue weighted by Gasteiger charge is 2.23. The van der Waals surface area contributed by atoms with Gasteiger partial charge in [0.25, 0.3) is 0 Å². The van der Waals surface area contributed by atoms with Crippen molar-refractivity contribution in [3.8, 4) is 0 Å². The van der Waals surface area contributed by atoms with E-state index in [0.29, 0.717) is 6.54 Å². The summed E-state index contributed by atoms with van der Waals surface area (Å²) < 4.78 is 0. The van der Waals surface area contributed by atoms with E-state index in [1.54, 1.807) is 0 Å². The van der Waals surface area contributed by atoms with Crippen LogP contribution in [0.15, 0.2) is 24.3 Å². The van der Waals surface area contributed by atoms with Crippen molar-refractivity contribution in [3.05, 3.63) is 29.8 Å². The minimum absolute atomic E-state index is 0.176. The molecule has 0 atom stereocenters. The molecule has 1 heterocycles. The molecule has 104 valence electrons. The van der Waals surface area contributed by atoms with Gasteiger partial charge in [0.15, 0.2) is 0 Å². The molecule has 1 saturated heterocycles. The molecule has 0 bridgehead atoms. The average molecular weight is 260 g/mol. The number of carbonyl (C=O) groups is 1. The topological polar surface area (TPSA) is 23.6 Å². The Balaban J connectivity index is 2.09. The Hall–Kier alpha value is -1.51. The summed E-state index contributed by atoms with van der Waals surface area (Å²) in [5, 5.41) is 0. The third-order valence-electron chi connectivity index (χ3n) is 3.80. The van der Waals surface area contributed by atoms with Crippen molar-refractivity contribution in [2.24, 2.45) is 0 Å². The molecule has 0 radical (unpaired) electrons. The van der Waals surface area contributed by atoms with Crippen LogP contribution in [0.4, 0.5) is 5.69 Å². The lowest BCUT2D eigenvalue weighted by atomic mass is 9.87. The van der Waals surface area contributed by atoms with Crippen molar-refractivity contribution in [2.75, 3.05) is 31.1 Å². The predicted molar refractivity (Wildman–Crippen MR) is 79.6 cm³/mol. The highest BCUT2D eigenvalue weighted by Crippen LogP contribution is 2.25. The van der Waals surface area contributed by atoms with Crippen LogP contribution in [0.5, 0.6) is 0 Å². The van der Waals surface area contributed by atoms with Crippen LogP contribution < -0.4 is 4.90 Å². The minimum atomic E-state index is 0.176. The molecule has 1 aliphatic heterocycles. The number of rotatable bonds is 2. The number of carbonyl (C=O) groups excluding carboxylic acids is 1. The monoisotopic (exact) mass is 260 g/mol. The molecule has 0 saturated carbocycles. The van der Waals surface area contributed by atoms with Gasteiger partial charge < -0.3 is 9.80 Å². The standard InChI is InChI=1S/C16H24N2O/c1-5-17-10-11-18(12-15(17)19)14-8-6-13(7-9-14)16(2,3)4/h6-9H,5,10-12H2,1-4H3. The van der Waals surface area contributed by atoms with Gasteiger partial charge in [-0.05, 0) is 30.0 Å². The van der Waals surface area contributed by atoms with Gasteiger partial charge >= 0.3 is 0 Å². The van der Waals surface area contributed by atoms with E-state index in [1.807, 2.05) is 11.8 Å². The number of hydrogen-bond donors (Lipinski definition) is 0. The zero-order valence-corrected chi connectivity index (χ0v) is 12.4. The number of benzene rings is 1. The van der Waals surface area contributed by atoms with Gasteiger partial charge in [-0.1, -0.05) is 32.9 Å². The van der Waals surface area contributed by atoms with Gasteiger partial charge in [0.2, 0.25) is 5.91 Å². The zero-order chi connectivity index (χ0) is 14.0. The summed E-state index contributed by atoms with van der Waals surface area (Å²) >= 11 is 0. The molecular formula is C16H24N2O. The Morgan fingerprint density at radius 2 is 1.74 bits per heavy atom. The average Bonchev–Trinajstić information content (AvgIpc) is 2.38. The molecule has 0 aromatic heterocycles. The molecule has 0 N–H and O–H groups in total. The SMILES string of the molecule is CCN1CCN(c2ccc(C(C)(C)C)cc2)CC1=O. The van der Waals surface area contributed by atoms with E-state index < -0.39 is 0 Å². The van der Waals surface area contributed by atoms with Crippen LogP contribution in [0, 0.1) is 0 Å². The second kappa shape index (κ2) is 5.24. The lowest BCUT2D eigenvalue weighted by molar-refractivity contribution is -0.130. The number of anilines is 1. The van der Waals surface area contributed by atoms with Crippen LogP contribution in [0.2, 0.25) is 0 Å². The summed E-state index contributed by atoms with van der Waals surface area (Å²) in [6.45, 7) is 11.7. The number of amides is 1. The van der Waals surface area contributed by atoms with Gasteiger partial charge in [0.05, 0.1) is 6.54 Å². The number of nitrogens with zero attached hydrogens (tertiary/aromatic N) is 2. The Labute approximate surface area is 116 Å². The van der Waals surface area contributed by atoms with Crippen molar-refractivity contribution in [1.82, 2.24) is 4.90 Å². The highest BCUT2D eigenvalue weighted by atomic mass is 16.2. The van der Waals surface area contributed by atoms with Crippen molar-refractivity contribution in [1.29, 1.82) is 0 Å². The summed E-state index contributed by atoms with van der Waals surface area (Å²) in [6, 6.07) is 8.61. The van der Waals surface area contributed by atoms with Crippen LogP contribution >= 0.6 is 0 Å². The molecule has 1 amide bonds. The summed E-state index contributed by atoms with van der Waals surface area (Å²) in [4.78, 5) is 16.0. The molecule has 19 heavy (non-hydrogen) atoms. The van der Waals surface area contributed by atoms with Gasteiger partial charge in [-0.2, -0.15) is 0 Å². The normalized spacial score (nSPS) is 16.9. The van der Waals surface area contributed by atoms with E-state index in [4.69, 9.17) is 0 Å². The van der Waals surface area contributed by atoms with Gasteiger partial charge in [-0.15, -0.1) is 0 Å². The van der Waals surface area contributed by atoms with E-state index in [2.05, 4.69) is 49.9 Å². The number of hydrogen-bond acceptors (Lipinski definition) is 2. The van der Waals surface area contributed by atoms with E-state index in [9.17, 15) is 4.79 Å². The van der Waals surface area contributed by atoms with E-state index in [-0.39, 0.29) is 11.3 Å². The summed E-state index contributed by atoms with van der Waals surface area (Å²) in [6.07, 6.45) is 0. The molecule has 3 heteroatoms. The Morgan fingerprint density at radius 3 is 2.21 bits per heavy atom.